The van der Waals surface area contributed by atoms with Crippen molar-refractivity contribution in [3.8, 4) is 0 Å². The molecule has 3 atom stereocenters. The second kappa shape index (κ2) is 4.59. The molecule has 0 spiro atoms. The van der Waals surface area contributed by atoms with Crippen LogP contribution in [0.5, 0.6) is 0 Å². The number of ether oxygens (including phenoxy) is 2. The van der Waals surface area contributed by atoms with Crippen molar-refractivity contribution in [1.29, 1.82) is 0 Å². The molecule has 1 saturated carbocycles. The third-order valence-electron chi connectivity index (χ3n) is 3.99. The van der Waals surface area contributed by atoms with Gasteiger partial charge in [0, 0.05) is 23.0 Å². The zero-order chi connectivity index (χ0) is 13.4. The molecule has 0 aromatic rings. The van der Waals surface area contributed by atoms with Crippen LogP contribution in [0.25, 0.3) is 0 Å². The van der Waals surface area contributed by atoms with Gasteiger partial charge >= 0.3 is 11.9 Å². The van der Waals surface area contributed by atoms with Crippen molar-refractivity contribution in [2.24, 2.45) is 17.8 Å². The smallest absolute Gasteiger partial charge is 0.333 e. The van der Waals surface area contributed by atoms with Crippen molar-refractivity contribution in [3.63, 3.8) is 0 Å². The molecular formula is C14H18O4. The Bertz CT molecular complexity index is 458. The molecule has 0 aliphatic heterocycles. The molecule has 0 saturated heterocycles. The van der Waals surface area contributed by atoms with Crippen LogP contribution in [-0.2, 0) is 19.1 Å². The van der Waals surface area contributed by atoms with Crippen LogP contribution in [-0.4, -0.2) is 26.2 Å². The summed E-state index contributed by atoms with van der Waals surface area (Å²) in [7, 11) is 2.78. The summed E-state index contributed by atoms with van der Waals surface area (Å²) in [5, 5.41) is 0. The second-order valence-electron chi connectivity index (χ2n) is 4.95. The van der Waals surface area contributed by atoms with Crippen LogP contribution in [0.4, 0.5) is 0 Å². The maximum atomic E-state index is 11.8. The van der Waals surface area contributed by atoms with E-state index in [1.54, 1.807) is 0 Å². The quantitative estimate of drug-likeness (QED) is 0.702. The normalized spacial score (nSPS) is 30.0. The highest BCUT2D eigenvalue weighted by atomic mass is 16.5. The summed E-state index contributed by atoms with van der Waals surface area (Å²) in [6, 6.07) is 0. The highest BCUT2D eigenvalue weighted by Crippen LogP contribution is 2.57. The molecule has 0 aromatic carbocycles. The molecule has 3 unspecified atom stereocenters. The molecule has 0 radical (unpaired) electrons. The molecule has 0 amide bonds. The number of hydrogen-bond acceptors (Lipinski definition) is 4. The first-order valence-corrected chi connectivity index (χ1v) is 6.09. The third kappa shape index (κ3) is 1.85. The lowest BCUT2D eigenvalue weighted by atomic mass is 10.0. The number of fused-ring (bicyclic) bond motifs is 1. The molecule has 4 heteroatoms. The van der Waals surface area contributed by atoms with Crippen LogP contribution >= 0.6 is 0 Å². The molecule has 18 heavy (non-hydrogen) atoms. The molecule has 2 rings (SSSR count). The van der Waals surface area contributed by atoms with E-state index in [1.807, 2.05) is 19.9 Å². The van der Waals surface area contributed by atoms with Gasteiger partial charge in [-0.25, -0.2) is 9.59 Å². The lowest BCUT2D eigenvalue weighted by Gasteiger charge is -2.07. The summed E-state index contributed by atoms with van der Waals surface area (Å²) < 4.78 is 9.65. The van der Waals surface area contributed by atoms with Gasteiger partial charge in [0.15, 0.2) is 0 Å². The summed E-state index contributed by atoms with van der Waals surface area (Å²) in [6.45, 7) is 3.97. The number of esters is 2. The van der Waals surface area contributed by atoms with Gasteiger partial charge in [0.1, 0.15) is 0 Å². The summed E-state index contributed by atoms with van der Waals surface area (Å²) >= 11 is 0. The van der Waals surface area contributed by atoms with Gasteiger partial charge in [0.2, 0.25) is 0 Å². The Morgan fingerprint density at radius 3 is 2.33 bits per heavy atom. The fourth-order valence-electron chi connectivity index (χ4n) is 2.93. The van der Waals surface area contributed by atoms with Crippen molar-refractivity contribution in [2.75, 3.05) is 14.2 Å². The molecule has 98 valence electrons. The monoisotopic (exact) mass is 250 g/mol. The van der Waals surface area contributed by atoms with Gasteiger partial charge in [-0.1, -0.05) is 18.6 Å². The zero-order valence-corrected chi connectivity index (χ0v) is 11.1. The molecular weight excluding hydrogens is 232 g/mol. The van der Waals surface area contributed by atoms with Crippen LogP contribution in [0.3, 0.4) is 0 Å². The number of carbonyl (C=O) groups is 2. The van der Waals surface area contributed by atoms with Gasteiger partial charge in [0.05, 0.1) is 14.2 Å². The fraction of sp³-hybridized carbons (Fsp3) is 0.571. The minimum absolute atomic E-state index is 0.101. The Balaban J connectivity index is 2.34. The summed E-state index contributed by atoms with van der Waals surface area (Å²) in [5.41, 5.74) is 2.43. The highest BCUT2D eigenvalue weighted by molar-refractivity contribution is 5.94. The van der Waals surface area contributed by atoms with Gasteiger partial charge in [-0.3, -0.25) is 0 Å². The maximum absolute atomic E-state index is 11.8. The minimum atomic E-state index is -0.284. The Kier molecular flexibility index (Phi) is 3.28. The summed E-state index contributed by atoms with van der Waals surface area (Å²) in [4.78, 5) is 23.6. The standard InChI is InChI=1S/C14H18O4/c1-7-5-6-9(13(15)17-3)11-8(2)12(11)10(7)14(16)18-4/h6,8,11-12H,5H2,1-4H3. The summed E-state index contributed by atoms with van der Waals surface area (Å²) in [6.07, 6.45) is 2.49. The van der Waals surface area contributed by atoms with Crippen molar-refractivity contribution in [2.45, 2.75) is 20.3 Å². The number of rotatable bonds is 2. The van der Waals surface area contributed by atoms with E-state index >= 15 is 0 Å². The van der Waals surface area contributed by atoms with Crippen molar-refractivity contribution in [1.82, 2.24) is 0 Å². The topological polar surface area (TPSA) is 52.6 Å². The number of allylic oxidation sites excluding steroid dienone is 2. The first-order chi connectivity index (χ1) is 8.52. The van der Waals surface area contributed by atoms with E-state index in [2.05, 4.69) is 0 Å². The molecule has 2 aliphatic rings. The third-order valence-corrected chi connectivity index (χ3v) is 3.99. The Labute approximate surface area is 107 Å². The van der Waals surface area contributed by atoms with E-state index in [1.165, 1.54) is 14.2 Å². The maximum Gasteiger partial charge on any atom is 0.333 e. The summed E-state index contributed by atoms with van der Waals surface area (Å²) in [5.74, 6) is -0.0615. The lowest BCUT2D eigenvalue weighted by molar-refractivity contribution is -0.137. The Hall–Kier alpha value is -1.58. The molecule has 1 fully saturated rings. The van der Waals surface area contributed by atoms with Gasteiger partial charge in [0.25, 0.3) is 0 Å². The molecule has 0 heterocycles. The number of hydrogen-bond donors (Lipinski definition) is 0. The van der Waals surface area contributed by atoms with Crippen molar-refractivity contribution < 1.29 is 19.1 Å². The van der Waals surface area contributed by atoms with Gasteiger partial charge in [-0.05, 0) is 19.3 Å². The van der Waals surface area contributed by atoms with Gasteiger partial charge < -0.3 is 9.47 Å². The van der Waals surface area contributed by atoms with Crippen molar-refractivity contribution >= 4 is 11.9 Å². The molecule has 0 N–H and O–H groups in total. The average molecular weight is 250 g/mol. The Morgan fingerprint density at radius 2 is 1.78 bits per heavy atom. The SMILES string of the molecule is COC(=O)C1=CCC(C)=C(C(=O)OC)C2C(C)C12. The molecule has 4 nitrogen and oxygen atoms in total. The van der Waals surface area contributed by atoms with Crippen LogP contribution in [0, 0.1) is 17.8 Å². The van der Waals surface area contributed by atoms with E-state index in [-0.39, 0.29) is 23.8 Å². The number of methoxy groups -OCH3 is 2. The van der Waals surface area contributed by atoms with E-state index in [0.29, 0.717) is 17.9 Å². The Morgan fingerprint density at radius 1 is 1.17 bits per heavy atom. The molecule has 0 bridgehead atoms. The fourth-order valence-corrected chi connectivity index (χ4v) is 2.93. The predicted octanol–water partition coefficient (Wildman–Crippen LogP) is 1.86. The van der Waals surface area contributed by atoms with Crippen LogP contribution in [0.15, 0.2) is 22.8 Å². The lowest BCUT2D eigenvalue weighted by Crippen LogP contribution is -2.11. The second-order valence-corrected chi connectivity index (χ2v) is 4.95. The number of carbonyl (C=O) groups excluding carboxylic acids is 2. The highest BCUT2D eigenvalue weighted by Gasteiger charge is 2.55. The van der Waals surface area contributed by atoms with Crippen LogP contribution < -0.4 is 0 Å². The van der Waals surface area contributed by atoms with E-state index in [0.717, 1.165) is 11.1 Å². The zero-order valence-electron chi connectivity index (χ0n) is 11.1. The van der Waals surface area contributed by atoms with Gasteiger partial charge in [-0.15, -0.1) is 0 Å². The first-order valence-electron chi connectivity index (χ1n) is 6.09. The average Bonchev–Trinajstić information content (AvgIpc) is 3.03. The predicted molar refractivity (Wildman–Crippen MR) is 65.6 cm³/mol. The molecule has 2 aliphatic carbocycles. The van der Waals surface area contributed by atoms with E-state index < -0.39 is 0 Å². The van der Waals surface area contributed by atoms with Crippen LogP contribution in [0.2, 0.25) is 0 Å². The first kappa shape index (κ1) is 12.9. The van der Waals surface area contributed by atoms with Crippen molar-refractivity contribution in [3.05, 3.63) is 22.8 Å². The van der Waals surface area contributed by atoms with Gasteiger partial charge in [-0.2, -0.15) is 0 Å². The van der Waals surface area contributed by atoms with Crippen LogP contribution in [0.1, 0.15) is 20.3 Å². The molecule has 0 aromatic heterocycles. The van der Waals surface area contributed by atoms with E-state index in [9.17, 15) is 9.59 Å². The largest absolute Gasteiger partial charge is 0.466 e. The van der Waals surface area contributed by atoms with E-state index in [4.69, 9.17) is 9.47 Å². The minimum Gasteiger partial charge on any atom is -0.466 e.